The fourth-order valence-electron chi connectivity index (χ4n) is 8.03. The fourth-order valence-corrected chi connectivity index (χ4v) is 8.03. The Morgan fingerprint density at radius 3 is 2.20 bits per heavy atom. The molecule has 5 aromatic rings. The second kappa shape index (κ2) is 13.5. The molecule has 1 saturated carbocycles. The van der Waals surface area contributed by atoms with E-state index in [1.807, 2.05) is 47.6 Å². The Labute approximate surface area is 316 Å². The molecule has 282 valence electrons. The van der Waals surface area contributed by atoms with Crippen molar-refractivity contribution < 1.29 is 23.8 Å². The molecule has 1 saturated heterocycles. The number of imidazole rings is 2. The number of nitrogens with one attached hydrogen (secondary N) is 3. The predicted octanol–water partition coefficient (Wildman–Crippen LogP) is 9.59. The van der Waals surface area contributed by atoms with E-state index in [-0.39, 0.29) is 12.1 Å². The van der Waals surface area contributed by atoms with Crippen molar-refractivity contribution in [2.45, 2.75) is 109 Å². The maximum absolute atomic E-state index is 12.9. The standard InChI is InChI=1S/C43H50N6O5/c1-41(2,3)53-39(50)48-43(20-7-8-21-43)38-46-32-19-23-52-35-25-29(15-17-30(35)36(32)47-38)27-13-11-26(12-14-27)28-16-18-31-33(24-28)45-37(44-31)34-10-9-22-49(34)40(51)54-42(4,5)6/h11-18,24-25,34H,7-10,19-23H2,1-6H3,(H,44,45)(H,46,47)(H,48,50)/t34-/m0/s1. The summed E-state index contributed by atoms with van der Waals surface area (Å²) in [6.07, 6.45) is 5.37. The number of hydrogen-bond acceptors (Lipinski definition) is 7. The van der Waals surface area contributed by atoms with E-state index >= 15 is 0 Å². The minimum Gasteiger partial charge on any atom is -0.492 e. The monoisotopic (exact) mass is 730 g/mol. The van der Waals surface area contributed by atoms with Crippen LogP contribution >= 0.6 is 0 Å². The van der Waals surface area contributed by atoms with Crippen LogP contribution in [0.1, 0.15) is 103 Å². The number of nitrogens with zero attached hydrogens (tertiary/aromatic N) is 3. The second-order valence-electron chi connectivity index (χ2n) is 16.9. The third-order valence-corrected chi connectivity index (χ3v) is 10.5. The SMILES string of the molecule is CC(C)(C)OC(=O)NC1(c2nc3c([nH]2)CCOc2cc(-c4ccc(-c5ccc6nc([C@@H]7CCCN7C(=O)OC(C)(C)C)[nH]c6c5)cc4)ccc2-3)CCCC1. The summed E-state index contributed by atoms with van der Waals surface area (Å²) in [6, 6.07) is 21.0. The number of H-pyrrole nitrogens is 2. The lowest BCUT2D eigenvalue weighted by Gasteiger charge is -2.30. The number of ether oxygens (including phenoxy) is 3. The Hall–Kier alpha value is -5.32. The summed E-state index contributed by atoms with van der Waals surface area (Å²) in [5, 5.41) is 3.19. The zero-order chi connectivity index (χ0) is 37.8. The first kappa shape index (κ1) is 35.7. The van der Waals surface area contributed by atoms with Gasteiger partial charge in [-0.2, -0.15) is 0 Å². The third-order valence-electron chi connectivity index (χ3n) is 10.5. The number of alkyl carbamates (subject to hydrolysis) is 1. The molecule has 1 aliphatic carbocycles. The van der Waals surface area contributed by atoms with E-state index < -0.39 is 22.8 Å². The number of benzene rings is 3. The summed E-state index contributed by atoms with van der Waals surface area (Å²) >= 11 is 0. The maximum Gasteiger partial charge on any atom is 0.410 e. The zero-order valence-corrected chi connectivity index (χ0v) is 32.1. The first-order valence-corrected chi connectivity index (χ1v) is 19.2. The Morgan fingerprint density at radius 1 is 0.833 bits per heavy atom. The molecule has 0 radical (unpaired) electrons. The van der Waals surface area contributed by atoms with Crippen molar-refractivity contribution in [3.8, 4) is 39.3 Å². The number of rotatable bonds is 5. The Balaban J connectivity index is 1.01. The Kier molecular flexibility index (Phi) is 8.93. The summed E-state index contributed by atoms with van der Waals surface area (Å²) in [5.41, 5.74) is 7.23. The number of carbonyl (C=O) groups is 2. The topological polar surface area (TPSA) is 134 Å². The molecule has 2 aliphatic heterocycles. The van der Waals surface area contributed by atoms with Crippen LogP contribution in [0.25, 0.3) is 44.5 Å². The molecule has 2 amide bonds. The molecule has 54 heavy (non-hydrogen) atoms. The van der Waals surface area contributed by atoms with Crippen molar-refractivity contribution in [1.82, 2.24) is 30.2 Å². The Morgan fingerprint density at radius 2 is 1.50 bits per heavy atom. The van der Waals surface area contributed by atoms with Gasteiger partial charge in [0.15, 0.2) is 0 Å². The second-order valence-corrected chi connectivity index (χ2v) is 16.9. The molecule has 11 heteroatoms. The van der Waals surface area contributed by atoms with Crippen LogP contribution in [0, 0.1) is 0 Å². The van der Waals surface area contributed by atoms with Crippen molar-refractivity contribution in [2.24, 2.45) is 0 Å². The fraction of sp³-hybridized carbons (Fsp3) is 0.442. The molecule has 0 unspecified atom stereocenters. The highest BCUT2D eigenvalue weighted by Gasteiger charge is 2.42. The third kappa shape index (κ3) is 7.15. The molecule has 0 spiro atoms. The molecule has 3 N–H and O–H groups in total. The van der Waals surface area contributed by atoms with Crippen molar-refractivity contribution in [2.75, 3.05) is 13.2 Å². The summed E-state index contributed by atoms with van der Waals surface area (Å²) in [5.74, 6) is 2.37. The average molecular weight is 731 g/mol. The summed E-state index contributed by atoms with van der Waals surface area (Å²) < 4.78 is 17.6. The number of amides is 2. The maximum atomic E-state index is 12.9. The lowest BCUT2D eigenvalue weighted by atomic mass is 9.97. The van der Waals surface area contributed by atoms with Crippen LogP contribution in [0.3, 0.4) is 0 Å². The molecule has 0 bridgehead atoms. The van der Waals surface area contributed by atoms with Crippen LogP contribution in [0.2, 0.25) is 0 Å². The first-order chi connectivity index (χ1) is 25.7. The van der Waals surface area contributed by atoms with E-state index in [4.69, 9.17) is 24.2 Å². The lowest BCUT2D eigenvalue weighted by molar-refractivity contribution is 0.0218. The van der Waals surface area contributed by atoms with Crippen molar-refractivity contribution in [3.63, 3.8) is 0 Å². The normalized spacial score (nSPS) is 18.1. The van der Waals surface area contributed by atoms with E-state index in [9.17, 15) is 9.59 Å². The largest absolute Gasteiger partial charge is 0.492 e. The average Bonchev–Trinajstić information content (AvgIpc) is 3.92. The van der Waals surface area contributed by atoms with Crippen LogP contribution in [0.5, 0.6) is 5.75 Å². The number of carbonyl (C=O) groups excluding carboxylic acids is 2. The number of likely N-dealkylation sites (tertiary alicyclic amines) is 1. The number of hydrogen-bond donors (Lipinski definition) is 3. The van der Waals surface area contributed by atoms with Gasteiger partial charge in [0.2, 0.25) is 0 Å². The molecule has 4 heterocycles. The molecule has 2 aromatic heterocycles. The minimum absolute atomic E-state index is 0.133. The molecular weight excluding hydrogens is 681 g/mol. The highest BCUT2D eigenvalue weighted by Crippen LogP contribution is 2.43. The molecule has 3 aromatic carbocycles. The van der Waals surface area contributed by atoms with E-state index in [1.54, 1.807) is 4.90 Å². The Bertz CT molecular complexity index is 2200. The highest BCUT2D eigenvalue weighted by atomic mass is 16.6. The predicted molar refractivity (Wildman–Crippen MR) is 208 cm³/mol. The van der Waals surface area contributed by atoms with Gasteiger partial charge in [0.25, 0.3) is 0 Å². The van der Waals surface area contributed by atoms with Crippen molar-refractivity contribution in [3.05, 3.63) is 78.0 Å². The van der Waals surface area contributed by atoms with Gasteiger partial charge in [-0.1, -0.05) is 49.2 Å². The van der Waals surface area contributed by atoms with Gasteiger partial charge in [-0.05, 0) is 114 Å². The quantitative estimate of drug-likeness (QED) is 0.164. The van der Waals surface area contributed by atoms with Gasteiger partial charge < -0.3 is 29.5 Å². The van der Waals surface area contributed by atoms with Crippen molar-refractivity contribution in [1.29, 1.82) is 0 Å². The smallest absolute Gasteiger partial charge is 0.410 e. The van der Waals surface area contributed by atoms with Gasteiger partial charge in [0.05, 0.1) is 29.4 Å². The molecule has 11 nitrogen and oxygen atoms in total. The van der Waals surface area contributed by atoms with Crippen molar-refractivity contribution >= 4 is 23.2 Å². The van der Waals surface area contributed by atoms with Crippen LogP contribution in [0.4, 0.5) is 9.59 Å². The van der Waals surface area contributed by atoms with Gasteiger partial charge in [0.1, 0.15) is 34.1 Å². The number of aromatic nitrogens is 4. The lowest BCUT2D eigenvalue weighted by Crippen LogP contribution is -2.46. The van der Waals surface area contributed by atoms with E-state index in [0.717, 1.165) is 106 Å². The van der Waals surface area contributed by atoms with Gasteiger partial charge >= 0.3 is 12.2 Å². The molecule has 1 atom stereocenters. The zero-order valence-electron chi connectivity index (χ0n) is 32.1. The van der Waals surface area contributed by atoms with Gasteiger partial charge in [-0.3, -0.25) is 4.90 Å². The van der Waals surface area contributed by atoms with Crippen LogP contribution in [-0.2, 0) is 21.4 Å². The summed E-state index contributed by atoms with van der Waals surface area (Å²) in [7, 11) is 0. The van der Waals surface area contributed by atoms with Gasteiger partial charge in [-0.15, -0.1) is 0 Å². The molecule has 8 rings (SSSR count). The number of fused-ring (bicyclic) bond motifs is 4. The van der Waals surface area contributed by atoms with E-state index in [1.165, 1.54) is 0 Å². The summed E-state index contributed by atoms with van der Waals surface area (Å²) in [6.45, 7) is 12.5. The van der Waals surface area contributed by atoms with Gasteiger partial charge in [0, 0.05) is 24.2 Å². The van der Waals surface area contributed by atoms with E-state index in [0.29, 0.717) is 19.6 Å². The van der Waals surface area contributed by atoms with Crippen LogP contribution < -0.4 is 10.1 Å². The molecule has 3 aliphatic rings. The first-order valence-electron chi connectivity index (χ1n) is 19.2. The summed E-state index contributed by atoms with van der Waals surface area (Å²) in [4.78, 5) is 44.7. The van der Waals surface area contributed by atoms with E-state index in [2.05, 4.69) is 69.9 Å². The molecule has 2 fully saturated rings. The van der Waals surface area contributed by atoms with Crippen LogP contribution in [-0.4, -0.2) is 61.4 Å². The number of aromatic amines is 2. The van der Waals surface area contributed by atoms with Crippen LogP contribution in [0.15, 0.2) is 60.7 Å². The minimum atomic E-state index is -0.583. The van der Waals surface area contributed by atoms with Gasteiger partial charge in [-0.25, -0.2) is 19.6 Å². The molecular formula is C43H50N6O5. The highest BCUT2D eigenvalue weighted by molar-refractivity contribution is 5.83.